The Morgan fingerprint density at radius 2 is 1.66 bits per heavy atom. The molecule has 0 atom stereocenters. The minimum absolute atomic E-state index is 0.102. The highest BCUT2D eigenvalue weighted by Crippen LogP contribution is 2.22. The van der Waals surface area contributed by atoms with Gasteiger partial charge in [-0.05, 0) is 55.3 Å². The summed E-state index contributed by atoms with van der Waals surface area (Å²) in [6.07, 6.45) is 5.49. The van der Waals surface area contributed by atoms with Gasteiger partial charge in [0.25, 0.3) is 11.5 Å². The minimum Gasteiger partial charge on any atom is -0.454 e. The normalized spacial score (nSPS) is 15.2. The van der Waals surface area contributed by atoms with E-state index in [0.29, 0.717) is 24.5 Å². The van der Waals surface area contributed by atoms with Crippen molar-refractivity contribution < 1.29 is 17.6 Å². The molecule has 2 aromatic heterocycles. The molecule has 1 saturated heterocycles. The molecule has 1 N–H and O–H groups in total. The summed E-state index contributed by atoms with van der Waals surface area (Å²) >= 11 is 0. The Balaban J connectivity index is 1.41. The molecule has 1 aliphatic heterocycles. The summed E-state index contributed by atoms with van der Waals surface area (Å²) in [6.45, 7) is 1.30. The summed E-state index contributed by atoms with van der Waals surface area (Å²) in [4.78, 5) is 24.5. The van der Waals surface area contributed by atoms with Crippen molar-refractivity contribution in [2.45, 2.75) is 37.1 Å². The zero-order valence-electron chi connectivity index (χ0n) is 17.6. The van der Waals surface area contributed by atoms with E-state index in [1.807, 2.05) is 0 Å². The number of hydrogen-bond donors (Lipinski definition) is 1. The quantitative estimate of drug-likeness (QED) is 0.615. The lowest BCUT2D eigenvalue weighted by Gasteiger charge is -2.20. The molecule has 0 aliphatic carbocycles. The SMILES string of the molecule is O=C(Nc1ccc(S(=O)(=O)N2CCCCCC2)cc1)c1ccc(Cn2ccccc2=O)o1. The molecule has 32 heavy (non-hydrogen) atoms. The summed E-state index contributed by atoms with van der Waals surface area (Å²) in [5.41, 5.74) is 0.298. The van der Waals surface area contributed by atoms with Crippen molar-refractivity contribution in [2.75, 3.05) is 18.4 Å². The molecule has 1 aliphatic rings. The number of nitrogens with one attached hydrogen (secondary N) is 1. The zero-order chi connectivity index (χ0) is 22.6. The largest absolute Gasteiger partial charge is 0.454 e. The first kappa shape index (κ1) is 22.0. The molecule has 0 saturated carbocycles. The van der Waals surface area contributed by atoms with Gasteiger partial charge in [0.2, 0.25) is 10.0 Å². The van der Waals surface area contributed by atoms with Gasteiger partial charge in [-0.25, -0.2) is 8.42 Å². The first-order chi connectivity index (χ1) is 15.4. The van der Waals surface area contributed by atoms with Crippen LogP contribution in [0.2, 0.25) is 0 Å². The number of pyridine rings is 1. The van der Waals surface area contributed by atoms with E-state index in [9.17, 15) is 18.0 Å². The van der Waals surface area contributed by atoms with E-state index in [1.54, 1.807) is 36.5 Å². The number of anilines is 1. The van der Waals surface area contributed by atoms with Crippen LogP contribution >= 0.6 is 0 Å². The molecule has 0 unspecified atom stereocenters. The Labute approximate surface area is 186 Å². The lowest BCUT2D eigenvalue weighted by Crippen LogP contribution is -2.31. The highest BCUT2D eigenvalue weighted by molar-refractivity contribution is 7.89. The second-order valence-electron chi connectivity index (χ2n) is 7.73. The molecular formula is C23H25N3O5S. The van der Waals surface area contributed by atoms with Crippen LogP contribution in [0, 0.1) is 0 Å². The topological polar surface area (TPSA) is 102 Å². The van der Waals surface area contributed by atoms with Crippen LogP contribution in [0.3, 0.4) is 0 Å². The minimum atomic E-state index is -3.54. The van der Waals surface area contributed by atoms with Crippen molar-refractivity contribution in [3.8, 4) is 0 Å². The fourth-order valence-electron chi connectivity index (χ4n) is 3.68. The fraction of sp³-hybridized carbons (Fsp3) is 0.304. The van der Waals surface area contributed by atoms with Crippen LogP contribution in [0.25, 0.3) is 0 Å². The first-order valence-electron chi connectivity index (χ1n) is 10.6. The van der Waals surface area contributed by atoms with E-state index in [1.165, 1.54) is 33.1 Å². The highest BCUT2D eigenvalue weighted by atomic mass is 32.2. The van der Waals surface area contributed by atoms with Crippen molar-refractivity contribution in [3.05, 3.63) is 82.7 Å². The Bertz CT molecular complexity index is 1240. The van der Waals surface area contributed by atoms with Gasteiger partial charge in [0.15, 0.2) is 5.76 Å². The lowest BCUT2D eigenvalue weighted by atomic mass is 10.2. The van der Waals surface area contributed by atoms with Crippen LogP contribution in [-0.4, -0.2) is 36.3 Å². The third-order valence-corrected chi connectivity index (χ3v) is 7.34. The average Bonchev–Trinajstić information content (AvgIpc) is 3.07. The number of carbonyl (C=O) groups excluding carboxylic acids is 1. The maximum absolute atomic E-state index is 12.9. The van der Waals surface area contributed by atoms with Crippen molar-refractivity contribution in [2.24, 2.45) is 0 Å². The maximum atomic E-state index is 12.9. The standard InChI is InChI=1S/C23H25N3O5S/c27-22-7-3-6-14-25(22)17-19-10-13-21(31-19)23(28)24-18-8-11-20(12-9-18)32(29,30)26-15-4-1-2-5-16-26/h3,6-14H,1-2,4-5,15-17H2,(H,24,28). The van der Waals surface area contributed by atoms with Crippen molar-refractivity contribution in [1.82, 2.24) is 8.87 Å². The number of carbonyl (C=O) groups is 1. The van der Waals surface area contributed by atoms with E-state index in [0.717, 1.165) is 25.7 Å². The van der Waals surface area contributed by atoms with Gasteiger partial charge in [0.05, 0.1) is 11.4 Å². The van der Waals surface area contributed by atoms with Crippen molar-refractivity contribution >= 4 is 21.6 Å². The number of furan rings is 1. The van der Waals surface area contributed by atoms with E-state index in [2.05, 4.69) is 5.32 Å². The predicted octanol–water partition coefficient (Wildman–Crippen LogP) is 3.31. The van der Waals surface area contributed by atoms with E-state index in [-0.39, 0.29) is 22.8 Å². The zero-order valence-corrected chi connectivity index (χ0v) is 18.4. The molecule has 0 spiro atoms. The molecule has 1 aromatic carbocycles. The summed E-state index contributed by atoms with van der Waals surface area (Å²) in [6, 6.07) is 14.2. The molecule has 3 heterocycles. The third kappa shape index (κ3) is 5.00. The summed E-state index contributed by atoms with van der Waals surface area (Å²) in [7, 11) is -3.54. The molecule has 1 fully saturated rings. The van der Waals surface area contributed by atoms with Gasteiger partial charge in [-0.1, -0.05) is 18.9 Å². The van der Waals surface area contributed by atoms with Gasteiger partial charge in [0, 0.05) is 31.0 Å². The molecule has 3 aromatic rings. The van der Waals surface area contributed by atoms with Gasteiger partial charge in [-0.15, -0.1) is 0 Å². The Morgan fingerprint density at radius 3 is 2.34 bits per heavy atom. The second-order valence-corrected chi connectivity index (χ2v) is 9.67. The summed E-state index contributed by atoms with van der Waals surface area (Å²) in [5, 5.41) is 2.71. The van der Waals surface area contributed by atoms with Crippen LogP contribution in [0.5, 0.6) is 0 Å². The molecule has 8 nitrogen and oxygen atoms in total. The van der Waals surface area contributed by atoms with Crippen LogP contribution in [0.1, 0.15) is 42.0 Å². The van der Waals surface area contributed by atoms with Crippen molar-refractivity contribution in [3.63, 3.8) is 0 Å². The fourth-order valence-corrected chi connectivity index (χ4v) is 5.20. The van der Waals surface area contributed by atoms with Crippen LogP contribution < -0.4 is 10.9 Å². The second kappa shape index (κ2) is 9.54. The van der Waals surface area contributed by atoms with E-state index >= 15 is 0 Å². The molecule has 4 rings (SSSR count). The van der Waals surface area contributed by atoms with Gasteiger partial charge in [-0.2, -0.15) is 4.31 Å². The highest BCUT2D eigenvalue weighted by Gasteiger charge is 2.25. The number of amides is 1. The number of aromatic nitrogens is 1. The van der Waals surface area contributed by atoms with Crippen LogP contribution in [0.4, 0.5) is 5.69 Å². The molecule has 1 amide bonds. The van der Waals surface area contributed by atoms with Crippen LogP contribution in [-0.2, 0) is 16.6 Å². The Hall–Kier alpha value is -3.17. The monoisotopic (exact) mass is 455 g/mol. The summed E-state index contributed by atoms with van der Waals surface area (Å²) in [5.74, 6) is 0.118. The van der Waals surface area contributed by atoms with E-state index < -0.39 is 15.9 Å². The van der Waals surface area contributed by atoms with Gasteiger partial charge in [-0.3, -0.25) is 9.59 Å². The van der Waals surface area contributed by atoms with Crippen molar-refractivity contribution in [1.29, 1.82) is 0 Å². The van der Waals surface area contributed by atoms with Crippen LogP contribution in [0.15, 0.2) is 74.9 Å². The van der Waals surface area contributed by atoms with Gasteiger partial charge >= 0.3 is 0 Å². The molecule has 9 heteroatoms. The Morgan fingerprint density at radius 1 is 0.938 bits per heavy atom. The number of hydrogen-bond acceptors (Lipinski definition) is 5. The van der Waals surface area contributed by atoms with Gasteiger partial charge in [0.1, 0.15) is 5.76 Å². The number of rotatable bonds is 6. The number of sulfonamides is 1. The van der Waals surface area contributed by atoms with Gasteiger partial charge < -0.3 is 14.3 Å². The Kier molecular flexibility index (Phi) is 6.57. The molecular weight excluding hydrogens is 430 g/mol. The summed E-state index contributed by atoms with van der Waals surface area (Å²) < 4.78 is 34.3. The molecule has 0 radical (unpaired) electrons. The molecule has 168 valence electrons. The lowest BCUT2D eigenvalue weighted by molar-refractivity contribution is 0.0994. The predicted molar refractivity (Wildman–Crippen MR) is 120 cm³/mol. The first-order valence-corrected chi connectivity index (χ1v) is 12.0. The smallest absolute Gasteiger partial charge is 0.291 e. The average molecular weight is 456 g/mol. The molecule has 0 bridgehead atoms. The maximum Gasteiger partial charge on any atom is 0.291 e. The van der Waals surface area contributed by atoms with E-state index in [4.69, 9.17) is 4.42 Å². The third-order valence-electron chi connectivity index (χ3n) is 5.43. The number of nitrogens with zero attached hydrogens (tertiary/aromatic N) is 2. The number of benzene rings is 1.